The van der Waals surface area contributed by atoms with E-state index >= 15 is 0 Å². The van der Waals surface area contributed by atoms with Crippen LogP contribution in [0.5, 0.6) is 0 Å². The Morgan fingerprint density at radius 1 is 1.18 bits per heavy atom. The zero-order valence-corrected chi connectivity index (χ0v) is 9.61. The van der Waals surface area contributed by atoms with Crippen molar-refractivity contribution < 1.29 is 22.8 Å². The molecule has 1 N–H and O–H groups in total. The van der Waals surface area contributed by atoms with Crippen LogP contribution >= 0.6 is 0 Å². The van der Waals surface area contributed by atoms with Crippen LogP contribution in [-0.4, -0.2) is 11.5 Å². The zero-order chi connectivity index (χ0) is 13.2. The Morgan fingerprint density at radius 2 is 1.65 bits per heavy atom. The van der Waals surface area contributed by atoms with Crippen molar-refractivity contribution in [3.8, 4) is 0 Å². The van der Waals surface area contributed by atoms with Gasteiger partial charge in [0.05, 0.1) is 5.60 Å². The molecular formula is C11H12F3NO2. The minimum Gasteiger partial charge on any atom is -0.268 e. The minimum absolute atomic E-state index is 0.356. The van der Waals surface area contributed by atoms with Gasteiger partial charge in [-0.1, -0.05) is 0 Å². The quantitative estimate of drug-likeness (QED) is 0.644. The second-order valence-corrected chi connectivity index (χ2v) is 4.40. The third-order valence-electron chi connectivity index (χ3n) is 1.70. The van der Waals surface area contributed by atoms with Crippen LogP contribution in [0.15, 0.2) is 12.1 Å². The molecule has 17 heavy (non-hydrogen) atoms. The van der Waals surface area contributed by atoms with Crippen molar-refractivity contribution in [1.29, 1.82) is 0 Å². The molecule has 0 bridgehead atoms. The molecule has 0 saturated carbocycles. The highest BCUT2D eigenvalue weighted by Crippen LogP contribution is 2.14. The van der Waals surface area contributed by atoms with Crippen LogP contribution in [0.2, 0.25) is 0 Å². The van der Waals surface area contributed by atoms with E-state index in [9.17, 15) is 18.0 Å². The highest BCUT2D eigenvalue weighted by molar-refractivity contribution is 5.93. The van der Waals surface area contributed by atoms with Gasteiger partial charge in [0, 0.05) is 5.56 Å². The van der Waals surface area contributed by atoms with E-state index in [0.717, 1.165) is 0 Å². The number of carbonyl (C=O) groups is 1. The molecule has 0 saturated heterocycles. The number of carbonyl (C=O) groups excluding carboxylic acids is 1. The molecule has 0 unspecified atom stereocenters. The molecule has 0 heterocycles. The summed E-state index contributed by atoms with van der Waals surface area (Å²) in [6.07, 6.45) is 0. The lowest BCUT2D eigenvalue weighted by Gasteiger charge is -2.18. The van der Waals surface area contributed by atoms with Crippen molar-refractivity contribution in [2.75, 3.05) is 0 Å². The average Bonchev–Trinajstić information content (AvgIpc) is 2.20. The van der Waals surface area contributed by atoms with E-state index in [2.05, 4.69) is 0 Å². The third-order valence-corrected chi connectivity index (χ3v) is 1.70. The fraction of sp³-hybridized carbons (Fsp3) is 0.364. The number of halogens is 3. The van der Waals surface area contributed by atoms with Crippen molar-refractivity contribution in [2.45, 2.75) is 26.4 Å². The van der Waals surface area contributed by atoms with E-state index in [0.29, 0.717) is 12.1 Å². The molecular weight excluding hydrogens is 235 g/mol. The van der Waals surface area contributed by atoms with Crippen LogP contribution in [0.3, 0.4) is 0 Å². The van der Waals surface area contributed by atoms with Crippen molar-refractivity contribution in [2.24, 2.45) is 0 Å². The predicted molar refractivity (Wildman–Crippen MR) is 54.6 cm³/mol. The van der Waals surface area contributed by atoms with Gasteiger partial charge in [0.15, 0.2) is 17.5 Å². The number of rotatable bonds is 2. The Balaban J connectivity index is 2.84. The highest BCUT2D eigenvalue weighted by atomic mass is 19.2. The number of hydrogen-bond acceptors (Lipinski definition) is 2. The molecule has 94 valence electrons. The normalized spacial score (nSPS) is 11.4. The van der Waals surface area contributed by atoms with Crippen LogP contribution in [0.1, 0.15) is 31.1 Å². The van der Waals surface area contributed by atoms with Gasteiger partial charge in [0.2, 0.25) is 0 Å². The van der Waals surface area contributed by atoms with Gasteiger partial charge in [-0.25, -0.2) is 18.7 Å². The smallest absolute Gasteiger partial charge is 0.268 e. The third kappa shape index (κ3) is 3.74. The number of amides is 1. The Kier molecular flexibility index (Phi) is 3.77. The number of hydrogen-bond donors (Lipinski definition) is 1. The second kappa shape index (κ2) is 4.75. The van der Waals surface area contributed by atoms with Crippen molar-refractivity contribution >= 4 is 5.91 Å². The molecule has 0 aliphatic carbocycles. The summed E-state index contributed by atoms with van der Waals surface area (Å²) < 4.78 is 38.3. The fourth-order valence-corrected chi connectivity index (χ4v) is 0.945. The summed E-state index contributed by atoms with van der Waals surface area (Å²) in [6, 6.07) is 1.19. The number of benzene rings is 1. The standard InChI is InChI=1S/C11H12F3NO2/c1-11(2,3)17-15-10(16)6-4-7(12)9(14)8(13)5-6/h4-5H,1-3H3,(H,15,16). The van der Waals surface area contributed by atoms with E-state index < -0.39 is 29.0 Å². The lowest BCUT2D eigenvalue weighted by Crippen LogP contribution is -2.33. The van der Waals surface area contributed by atoms with Gasteiger partial charge in [-0.15, -0.1) is 0 Å². The van der Waals surface area contributed by atoms with Crippen LogP contribution in [0.4, 0.5) is 13.2 Å². The molecule has 0 aliphatic rings. The van der Waals surface area contributed by atoms with Crippen molar-refractivity contribution in [3.05, 3.63) is 35.1 Å². The van der Waals surface area contributed by atoms with Crippen LogP contribution < -0.4 is 5.48 Å². The molecule has 0 fully saturated rings. The van der Waals surface area contributed by atoms with E-state index in [1.54, 1.807) is 20.8 Å². The molecule has 1 aromatic carbocycles. The molecule has 0 aromatic heterocycles. The van der Waals surface area contributed by atoms with Crippen LogP contribution in [0.25, 0.3) is 0 Å². The molecule has 0 aliphatic heterocycles. The SMILES string of the molecule is CC(C)(C)ONC(=O)c1cc(F)c(F)c(F)c1. The topological polar surface area (TPSA) is 38.3 Å². The molecule has 1 rings (SSSR count). The van der Waals surface area contributed by atoms with Crippen molar-refractivity contribution in [3.63, 3.8) is 0 Å². The molecule has 1 amide bonds. The first-order valence-corrected chi connectivity index (χ1v) is 4.83. The van der Waals surface area contributed by atoms with Gasteiger partial charge in [-0.3, -0.25) is 9.63 Å². The van der Waals surface area contributed by atoms with E-state index in [4.69, 9.17) is 4.84 Å². The average molecular weight is 247 g/mol. The van der Waals surface area contributed by atoms with E-state index in [1.807, 2.05) is 5.48 Å². The molecule has 3 nitrogen and oxygen atoms in total. The fourth-order valence-electron chi connectivity index (χ4n) is 0.945. The lowest BCUT2D eigenvalue weighted by atomic mass is 10.2. The van der Waals surface area contributed by atoms with Crippen molar-refractivity contribution in [1.82, 2.24) is 5.48 Å². The van der Waals surface area contributed by atoms with Gasteiger partial charge in [0.25, 0.3) is 5.91 Å². The number of nitrogens with one attached hydrogen (secondary N) is 1. The first-order chi connectivity index (χ1) is 7.70. The second-order valence-electron chi connectivity index (χ2n) is 4.40. The number of hydroxylamine groups is 1. The molecule has 6 heteroatoms. The summed E-state index contributed by atoms with van der Waals surface area (Å²) in [5.74, 6) is -5.31. The van der Waals surface area contributed by atoms with E-state index in [1.165, 1.54) is 0 Å². The van der Waals surface area contributed by atoms with Gasteiger partial charge >= 0.3 is 0 Å². The molecule has 1 aromatic rings. The van der Waals surface area contributed by atoms with Gasteiger partial charge in [-0.05, 0) is 32.9 Å². The Labute approximate surface area is 96.5 Å². The van der Waals surface area contributed by atoms with Gasteiger partial charge in [0.1, 0.15) is 0 Å². The Bertz CT molecular complexity index is 418. The molecule has 0 radical (unpaired) electrons. The molecule has 0 atom stereocenters. The Morgan fingerprint density at radius 3 is 2.06 bits per heavy atom. The largest absolute Gasteiger partial charge is 0.275 e. The van der Waals surface area contributed by atoms with Crippen LogP contribution in [-0.2, 0) is 4.84 Å². The lowest BCUT2D eigenvalue weighted by molar-refractivity contribution is -0.0589. The summed E-state index contributed by atoms with van der Waals surface area (Å²) in [7, 11) is 0. The monoisotopic (exact) mass is 247 g/mol. The first kappa shape index (κ1) is 13.5. The van der Waals surface area contributed by atoms with Gasteiger partial charge < -0.3 is 0 Å². The van der Waals surface area contributed by atoms with Gasteiger partial charge in [-0.2, -0.15) is 0 Å². The summed E-state index contributed by atoms with van der Waals surface area (Å²) >= 11 is 0. The minimum atomic E-state index is -1.61. The van der Waals surface area contributed by atoms with E-state index in [-0.39, 0.29) is 5.56 Å². The molecule has 0 spiro atoms. The maximum absolute atomic E-state index is 12.8. The maximum Gasteiger partial charge on any atom is 0.275 e. The predicted octanol–water partition coefficient (Wildman–Crippen LogP) is 2.56. The summed E-state index contributed by atoms with van der Waals surface area (Å²) in [5, 5.41) is 0. The summed E-state index contributed by atoms with van der Waals surface area (Å²) in [4.78, 5) is 16.3. The van der Waals surface area contributed by atoms with Crippen LogP contribution in [0, 0.1) is 17.5 Å². The summed E-state index contributed by atoms with van der Waals surface area (Å²) in [5.41, 5.74) is 1.02. The zero-order valence-electron chi connectivity index (χ0n) is 9.61. The summed E-state index contributed by atoms with van der Waals surface area (Å²) in [6.45, 7) is 5.04. The maximum atomic E-state index is 12.8. The first-order valence-electron chi connectivity index (χ1n) is 4.83. The highest BCUT2D eigenvalue weighted by Gasteiger charge is 2.17. The Hall–Kier alpha value is -1.56.